The number of nitrogens with zero attached hydrogens (tertiary/aromatic N) is 2. The minimum atomic E-state index is -0.0789. The van der Waals surface area contributed by atoms with Crippen molar-refractivity contribution in [3.8, 4) is 0 Å². The molecule has 1 fully saturated rings. The highest BCUT2D eigenvalue weighted by molar-refractivity contribution is 5.96. The molecule has 21 heavy (non-hydrogen) atoms. The van der Waals surface area contributed by atoms with E-state index in [0.717, 1.165) is 0 Å². The minimum Gasteiger partial charge on any atom is -0.399 e. The van der Waals surface area contributed by atoms with Crippen molar-refractivity contribution >= 4 is 23.2 Å². The SMILES string of the molecule is CN(C)C(=O)C1CCN(C(=O)c2cc(N)cc(N)c2)CC1. The van der Waals surface area contributed by atoms with Crippen molar-refractivity contribution in [3.63, 3.8) is 0 Å². The van der Waals surface area contributed by atoms with E-state index < -0.39 is 0 Å². The van der Waals surface area contributed by atoms with Crippen LogP contribution in [0, 0.1) is 5.92 Å². The van der Waals surface area contributed by atoms with Crippen LogP contribution in [0.4, 0.5) is 11.4 Å². The van der Waals surface area contributed by atoms with Crippen LogP contribution in [0.2, 0.25) is 0 Å². The molecule has 1 aromatic carbocycles. The van der Waals surface area contributed by atoms with Crippen LogP contribution < -0.4 is 11.5 Å². The van der Waals surface area contributed by atoms with Crippen molar-refractivity contribution in [2.24, 2.45) is 5.92 Å². The summed E-state index contributed by atoms with van der Waals surface area (Å²) in [5, 5.41) is 0. The number of carbonyl (C=O) groups excluding carboxylic acids is 2. The summed E-state index contributed by atoms with van der Waals surface area (Å²) in [5.41, 5.74) is 12.9. The predicted octanol–water partition coefficient (Wildman–Crippen LogP) is 0.791. The van der Waals surface area contributed by atoms with Crippen molar-refractivity contribution in [2.45, 2.75) is 12.8 Å². The van der Waals surface area contributed by atoms with Crippen LogP contribution in [0.15, 0.2) is 18.2 Å². The lowest BCUT2D eigenvalue weighted by Crippen LogP contribution is -2.42. The standard InChI is InChI=1S/C15H22N4O2/c1-18(2)14(20)10-3-5-19(6-4-10)15(21)11-7-12(16)9-13(17)8-11/h7-10H,3-6,16-17H2,1-2H3. The monoisotopic (exact) mass is 290 g/mol. The summed E-state index contributed by atoms with van der Waals surface area (Å²) in [7, 11) is 3.52. The molecule has 0 aliphatic carbocycles. The number of amides is 2. The smallest absolute Gasteiger partial charge is 0.254 e. The third-order valence-corrected chi connectivity index (χ3v) is 3.80. The fourth-order valence-electron chi connectivity index (χ4n) is 2.68. The molecule has 0 spiro atoms. The maximum atomic E-state index is 12.4. The molecular weight excluding hydrogens is 268 g/mol. The molecule has 0 bridgehead atoms. The summed E-state index contributed by atoms with van der Waals surface area (Å²) in [6.07, 6.45) is 1.39. The van der Waals surface area contributed by atoms with Gasteiger partial charge >= 0.3 is 0 Å². The topological polar surface area (TPSA) is 92.7 Å². The number of nitrogens with two attached hydrogens (primary N) is 2. The van der Waals surface area contributed by atoms with Crippen molar-refractivity contribution in [2.75, 3.05) is 38.7 Å². The molecule has 6 nitrogen and oxygen atoms in total. The quantitative estimate of drug-likeness (QED) is 0.788. The third-order valence-electron chi connectivity index (χ3n) is 3.80. The summed E-state index contributed by atoms with van der Waals surface area (Å²) in [6.45, 7) is 1.16. The third kappa shape index (κ3) is 3.45. The Kier molecular flexibility index (Phi) is 4.35. The maximum absolute atomic E-state index is 12.4. The highest BCUT2D eigenvalue weighted by atomic mass is 16.2. The Bertz CT molecular complexity index is 528. The van der Waals surface area contributed by atoms with Crippen LogP contribution in [0.25, 0.3) is 0 Å². The molecule has 4 N–H and O–H groups in total. The fourth-order valence-corrected chi connectivity index (χ4v) is 2.68. The average Bonchev–Trinajstić information content (AvgIpc) is 2.44. The summed E-state index contributed by atoms with van der Waals surface area (Å²) < 4.78 is 0. The molecule has 0 unspecified atom stereocenters. The van der Waals surface area contributed by atoms with E-state index in [1.54, 1.807) is 42.1 Å². The summed E-state index contributed by atoms with van der Waals surface area (Å²) in [6, 6.07) is 4.89. The lowest BCUT2D eigenvalue weighted by molar-refractivity contribution is -0.134. The number of carbonyl (C=O) groups is 2. The van der Waals surface area contributed by atoms with E-state index in [2.05, 4.69) is 0 Å². The zero-order chi connectivity index (χ0) is 15.6. The van der Waals surface area contributed by atoms with Gasteiger partial charge in [-0.1, -0.05) is 0 Å². The van der Waals surface area contributed by atoms with Crippen molar-refractivity contribution in [1.29, 1.82) is 0 Å². The zero-order valence-corrected chi connectivity index (χ0v) is 12.5. The van der Waals surface area contributed by atoms with Crippen LogP contribution >= 0.6 is 0 Å². The lowest BCUT2D eigenvalue weighted by atomic mass is 9.95. The van der Waals surface area contributed by atoms with Gasteiger partial charge in [-0.25, -0.2) is 0 Å². The fraction of sp³-hybridized carbons (Fsp3) is 0.467. The van der Waals surface area contributed by atoms with E-state index in [1.807, 2.05) is 0 Å². The minimum absolute atomic E-state index is 0.00922. The summed E-state index contributed by atoms with van der Waals surface area (Å²) in [4.78, 5) is 27.7. The van der Waals surface area contributed by atoms with Crippen molar-refractivity contribution in [1.82, 2.24) is 9.80 Å². The van der Waals surface area contributed by atoms with Gasteiger partial charge in [0.1, 0.15) is 0 Å². The van der Waals surface area contributed by atoms with Gasteiger partial charge in [-0.05, 0) is 31.0 Å². The van der Waals surface area contributed by atoms with E-state index >= 15 is 0 Å². The Morgan fingerprint density at radius 2 is 1.62 bits per heavy atom. The normalized spacial score (nSPS) is 15.8. The van der Waals surface area contributed by atoms with E-state index in [9.17, 15) is 9.59 Å². The predicted molar refractivity (Wildman–Crippen MR) is 82.6 cm³/mol. The second-order valence-electron chi connectivity index (χ2n) is 5.69. The van der Waals surface area contributed by atoms with Gasteiger partial charge in [0.2, 0.25) is 5.91 Å². The molecule has 1 aliphatic rings. The Balaban J connectivity index is 2.02. The number of likely N-dealkylation sites (tertiary alicyclic amines) is 1. The van der Waals surface area contributed by atoms with Gasteiger partial charge in [-0.3, -0.25) is 9.59 Å². The Labute approximate surface area is 124 Å². The highest BCUT2D eigenvalue weighted by Gasteiger charge is 2.28. The van der Waals surface area contributed by atoms with Crippen LogP contribution in [0.1, 0.15) is 23.2 Å². The number of piperidine rings is 1. The largest absolute Gasteiger partial charge is 0.399 e. The Morgan fingerprint density at radius 3 is 2.10 bits per heavy atom. The second kappa shape index (κ2) is 6.03. The van der Waals surface area contributed by atoms with Gasteiger partial charge in [0.05, 0.1) is 0 Å². The zero-order valence-electron chi connectivity index (χ0n) is 12.5. The van der Waals surface area contributed by atoms with Crippen LogP contribution in [0.3, 0.4) is 0 Å². The number of benzene rings is 1. The molecule has 1 aliphatic heterocycles. The van der Waals surface area contributed by atoms with Crippen molar-refractivity contribution < 1.29 is 9.59 Å². The van der Waals surface area contributed by atoms with Crippen molar-refractivity contribution in [3.05, 3.63) is 23.8 Å². The first-order chi connectivity index (χ1) is 9.88. The molecule has 1 heterocycles. The first-order valence-electron chi connectivity index (χ1n) is 7.05. The van der Waals surface area contributed by atoms with E-state index in [1.165, 1.54) is 0 Å². The summed E-state index contributed by atoms with van der Waals surface area (Å²) in [5.74, 6) is 0.0648. The first-order valence-corrected chi connectivity index (χ1v) is 7.05. The van der Waals surface area contributed by atoms with Gasteiger partial charge in [0.25, 0.3) is 5.91 Å². The molecule has 1 aromatic rings. The average molecular weight is 290 g/mol. The molecule has 2 rings (SSSR count). The molecular formula is C15H22N4O2. The Morgan fingerprint density at radius 1 is 1.10 bits per heavy atom. The van der Waals surface area contributed by atoms with Crippen LogP contribution in [-0.4, -0.2) is 48.8 Å². The molecule has 1 saturated heterocycles. The lowest BCUT2D eigenvalue weighted by Gasteiger charge is -2.32. The molecule has 6 heteroatoms. The number of hydrogen-bond donors (Lipinski definition) is 2. The van der Waals surface area contributed by atoms with Gasteiger partial charge in [0, 0.05) is 50.0 Å². The molecule has 2 amide bonds. The van der Waals surface area contributed by atoms with Gasteiger partial charge < -0.3 is 21.3 Å². The van der Waals surface area contributed by atoms with E-state index in [4.69, 9.17) is 11.5 Å². The summed E-state index contributed by atoms with van der Waals surface area (Å²) >= 11 is 0. The molecule has 0 saturated carbocycles. The second-order valence-corrected chi connectivity index (χ2v) is 5.69. The number of rotatable bonds is 2. The maximum Gasteiger partial charge on any atom is 0.254 e. The number of nitrogen functional groups attached to an aromatic ring is 2. The molecule has 0 radical (unpaired) electrons. The Hall–Kier alpha value is -2.24. The number of hydrogen-bond acceptors (Lipinski definition) is 4. The van der Waals surface area contributed by atoms with Gasteiger partial charge in [-0.2, -0.15) is 0 Å². The highest BCUT2D eigenvalue weighted by Crippen LogP contribution is 2.22. The number of anilines is 2. The van der Waals surface area contributed by atoms with Gasteiger partial charge in [0.15, 0.2) is 0 Å². The van der Waals surface area contributed by atoms with Crippen LogP contribution in [-0.2, 0) is 4.79 Å². The molecule has 0 atom stereocenters. The van der Waals surface area contributed by atoms with Gasteiger partial charge in [-0.15, -0.1) is 0 Å². The molecule has 0 aromatic heterocycles. The van der Waals surface area contributed by atoms with E-state index in [-0.39, 0.29) is 17.7 Å². The van der Waals surface area contributed by atoms with E-state index in [0.29, 0.717) is 42.9 Å². The van der Waals surface area contributed by atoms with Crippen LogP contribution in [0.5, 0.6) is 0 Å². The molecule has 114 valence electrons. The first kappa shape index (κ1) is 15.2.